The standard InChI is InChI=1S/C12H11F2NO4S/c13-9-5-7(12(16)17)6-10(11(9)14)20(18,19)15-8-3-1-2-4-8/h1-2,5-6,8,15H,3-4H2,(H,16,17). The number of halogens is 2. The molecule has 0 saturated carbocycles. The molecule has 0 amide bonds. The van der Waals surface area contributed by atoms with Gasteiger partial charge in [0.25, 0.3) is 0 Å². The van der Waals surface area contributed by atoms with Crippen LogP contribution in [0.1, 0.15) is 23.2 Å². The maximum Gasteiger partial charge on any atom is 0.335 e. The number of carbonyl (C=O) groups is 1. The predicted octanol–water partition coefficient (Wildman–Crippen LogP) is 1.66. The summed E-state index contributed by atoms with van der Waals surface area (Å²) in [7, 11) is -4.32. The van der Waals surface area contributed by atoms with Gasteiger partial charge in [-0.2, -0.15) is 0 Å². The first-order chi connectivity index (χ1) is 9.31. The number of hydrogen-bond donors (Lipinski definition) is 2. The minimum atomic E-state index is -4.32. The molecule has 1 aliphatic rings. The zero-order valence-corrected chi connectivity index (χ0v) is 11.0. The quantitative estimate of drug-likeness (QED) is 0.829. The van der Waals surface area contributed by atoms with E-state index in [0.717, 1.165) is 0 Å². The van der Waals surface area contributed by atoms with Crippen molar-refractivity contribution in [2.75, 3.05) is 0 Å². The van der Waals surface area contributed by atoms with Crippen LogP contribution in [-0.2, 0) is 10.0 Å². The molecule has 5 nitrogen and oxygen atoms in total. The highest BCUT2D eigenvalue weighted by Crippen LogP contribution is 2.21. The first kappa shape index (κ1) is 14.6. The van der Waals surface area contributed by atoms with E-state index in [1.54, 1.807) is 12.2 Å². The smallest absolute Gasteiger partial charge is 0.335 e. The summed E-state index contributed by atoms with van der Waals surface area (Å²) in [6.45, 7) is 0. The summed E-state index contributed by atoms with van der Waals surface area (Å²) >= 11 is 0. The third-order valence-electron chi connectivity index (χ3n) is 2.86. The number of carboxylic acids is 1. The van der Waals surface area contributed by atoms with Gasteiger partial charge in [0.1, 0.15) is 4.90 Å². The second-order valence-corrected chi connectivity index (χ2v) is 6.02. The van der Waals surface area contributed by atoms with Gasteiger partial charge in [-0.1, -0.05) is 12.2 Å². The molecular formula is C12H11F2NO4S. The summed E-state index contributed by atoms with van der Waals surface area (Å²) in [6.07, 6.45) is 4.42. The number of carboxylic acid groups (broad SMARTS) is 1. The van der Waals surface area contributed by atoms with Gasteiger partial charge in [-0.15, -0.1) is 0 Å². The molecule has 0 saturated heterocycles. The van der Waals surface area contributed by atoms with E-state index in [1.807, 2.05) is 0 Å². The van der Waals surface area contributed by atoms with Crippen molar-refractivity contribution < 1.29 is 27.1 Å². The van der Waals surface area contributed by atoms with Crippen molar-refractivity contribution in [1.82, 2.24) is 4.72 Å². The van der Waals surface area contributed by atoms with Gasteiger partial charge in [0.2, 0.25) is 10.0 Å². The molecule has 0 unspecified atom stereocenters. The lowest BCUT2D eigenvalue weighted by Crippen LogP contribution is -2.33. The van der Waals surface area contributed by atoms with Crippen LogP contribution in [0.5, 0.6) is 0 Å². The topological polar surface area (TPSA) is 83.5 Å². The lowest BCUT2D eigenvalue weighted by molar-refractivity contribution is 0.0696. The minimum Gasteiger partial charge on any atom is -0.478 e. The van der Waals surface area contributed by atoms with Crippen molar-refractivity contribution in [3.05, 3.63) is 41.5 Å². The van der Waals surface area contributed by atoms with Crippen LogP contribution in [0.4, 0.5) is 8.78 Å². The summed E-state index contributed by atoms with van der Waals surface area (Å²) in [5.41, 5.74) is -0.631. The number of rotatable bonds is 4. The van der Waals surface area contributed by atoms with Crippen LogP contribution in [0.2, 0.25) is 0 Å². The number of nitrogens with one attached hydrogen (secondary N) is 1. The Morgan fingerprint density at radius 1 is 1.25 bits per heavy atom. The Morgan fingerprint density at radius 3 is 2.40 bits per heavy atom. The first-order valence-electron chi connectivity index (χ1n) is 5.71. The van der Waals surface area contributed by atoms with Crippen molar-refractivity contribution in [2.45, 2.75) is 23.8 Å². The molecule has 0 spiro atoms. The van der Waals surface area contributed by atoms with E-state index in [0.29, 0.717) is 25.0 Å². The van der Waals surface area contributed by atoms with Gasteiger partial charge in [-0.3, -0.25) is 0 Å². The van der Waals surface area contributed by atoms with E-state index < -0.39 is 44.1 Å². The van der Waals surface area contributed by atoms with Crippen molar-refractivity contribution in [3.63, 3.8) is 0 Å². The fraction of sp³-hybridized carbons (Fsp3) is 0.250. The van der Waals surface area contributed by atoms with Gasteiger partial charge in [0.05, 0.1) is 5.56 Å². The fourth-order valence-electron chi connectivity index (χ4n) is 1.88. The third-order valence-corrected chi connectivity index (χ3v) is 4.38. The predicted molar refractivity (Wildman–Crippen MR) is 65.8 cm³/mol. The maximum atomic E-state index is 13.6. The highest BCUT2D eigenvalue weighted by Gasteiger charge is 2.27. The number of hydrogen-bond acceptors (Lipinski definition) is 3. The molecule has 0 aliphatic heterocycles. The number of sulfonamides is 1. The molecule has 2 N–H and O–H groups in total. The second-order valence-electron chi connectivity index (χ2n) is 4.34. The van der Waals surface area contributed by atoms with E-state index >= 15 is 0 Å². The van der Waals surface area contributed by atoms with Gasteiger partial charge in [0, 0.05) is 6.04 Å². The summed E-state index contributed by atoms with van der Waals surface area (Å²) in [5.74, 6) is -4.65. The van der Waals surface area contributed by atoms with Crippen LogP contribution >= 0.6 is 0 Å². The first-order valence-corrected chi connectivity index (χ1v) is 7.19. The number of benzene rings is 1. The SMILES string of the molecule is O=C(O)c1cc(F)c(F)c(S(=O)(=O)NC2CC=CC2)c1. The molecule has 0 fully saturated rings. The van der Waals surface area contributed by atoms with Crippen LogP contribution in [-0.4, -0.2) is 25.5 Å². The Morgan fingerprint density at radius 2 is 1.85 bits per heavy atom. The summed E-state index contributed by atoms with van der Waals surface area (Å²) < 4.78 is 53.1. The van der Waals surface area contributed by atoms with Crippen molar-refractivity contribution in [2.24, 2.45) is 0 Å². The normalized spacial score (nSPS) is 15.7. The van der Waals surface area contributed by atoms with Crippen LogP contribution < -0.4 is 4.72 Å². The van der Waals surface area contributed by atoms with Gasteiger partial charge < -0.3 is 5.11 Å². The van der Waals surface area contributed by atoms with Gasteiger partial charge in [-0.05, 0) is 25.0 Å². The zero-order chi connectivity index (χ0) is 14.9. The van der Waals surface area contributed by atoms with Crippen molar-refractivity contribution in [1.29, 1.82) is 0 Å². The molecule has 108 valence electrons. The zero-order valence-electron chi connectivity index (χ0n) is 10.1. The van der Waals surface area contributed by atoms with Gasteiger partial charge >= 0.3 is 5.97 Å². The van der Waals surface area contributed by atoms with Gasteiger partial charge in [-0.25, -0.2) is 26.7 Å². The molecule has 1 aromatic rings. The Bertz CT molecular complexity index is 677. The monoisotopic (exact) mass is 303 g/mol. The maximum absolute atomic E-state index is 13.6. The number of aromatic carboxylic acids is 1. The molecule has 0 atom stereocenters. The van der Waals surface area contributed by atoms with Crippen LogP contribution in [0.3, 0.4) is 0 Å². The molecule has 0 heterocycles. The average Bonchev–Trinajstić information content (AvgIpc) is 2.83. The molecule has 0 radical (unpaired) electrons. The van der Waals surface area contributed by atoms with E-state index in [1.165, 1.54) is 0 Å². The third kappa shape index (κ3) is 2.86. The van der Waals surface area contributed by atoms with E-state index in [4.69, 9.17) is 5.11 Å². The van der Waals surface area contributed by atoms with Crippen LogP contribution in [0, 0.1) is 11.6 Å². The molecule has 20 heavy (non-hydrogen) atoms. The van der Waals surface area contributed by atoms with Crippen molar-refractivity contribution >= 4 is 16.0 Å². The Kier molecular flexibility index (Phi) is 3.87. The van der Waals surface area contributed by atoms with Crippen molar-refractivity contribution in [3.8, 4) is 0 Å². The molecule has 1 aromatic carbocycles. The Balaban J connectivity index is 2.42. The summed E-state index contributed by atoms with van der Waals surface area (Å²) in [5, 5.41) is 8.76. The fourth-order valence-corrected chi connectivity index (χ4v) is 3.25. The summed E-state index contributed by atoms with van der Waals surface area (Å²) in [4.78, 5) is 9.78. The molecule has 1 aliphatic carbocycles. The molecule has 0 aromatic heterocycles. The van der Waals surface area contributed by atoms with E-state index in [9.17, 15) is 22.0 Å². The molecule has 0 bridgehead atoms. The highest BCUT2D eigenvalue weighted by molar-refractivity contribution is 7.89. The van der Waals surface area contributed by atoms with Crippen LogP contribution in [0.15, 0.2) is 29.2 Å². The van der Waals surface area contributed by atoms with E-state index in [2.05, 4.69) is 4.72 Å². The molecule has 2 rings (SSSR count). The summed E-state index contributed by atoms with van der Waals surface area (Å²) in [6, 6.07) is 0.607. The average molecular weight is 303 g/mol. The Labute approximate surface area is 114 Å². The molecule has 8 heteroatoms. The second kappa shape index (κ2) is 5.29. The minimum absolute atomic E-state index is 0.434. The van der Waals surface area contributed by atoms with Gasteiger partial charge in [0.15, 0.2) is 11.6 Å². The Hall–Kier alpha value is -1.80. The largest absolute Gasteiger partial charge is 0.478 e. The lowest BCUT2D eigenvalue weighted by atomic mass is 10.2. The lowest BCUT2D eigenvalue weighted by Gasteiger charge is -2.13. The highest BCUT2D eigenvalue weighted by atomic mass is 32.2. The molecular weight excluding hydrogens is 292 g/mol. The van der Waals surface area contributed by atoms with E-state index in [-0.39, 0.29) is 0 Å². The van der Waals surface area contributed by atoms with Crippen LogP contribution in [0.25, 0.3) is 0 Å².